The van der Waals surface area contributed by atoms with Crippen LogP contribution in [0.15, 0.2) is 162 Å². The number of allylic oxidation sites excluding steroid dienone is 1. The number of thiophene rings is 2. The molecule has 0 radical (unpaired) electrons. The molecular weight excluding hydrogens is 1660 g/mol. The van der Waals surface area contributed by atoms with Crippen LogP contribution in [0.1, 0.15) is 140 Å². The summed E-state index contributed by atoms with van der Waals surface area (Å²) in [6.45, 7) is 21.1. The lowest BCUT2D eigenvalue weighted by Gasteiger charge is -2.15. The van der Waals surface area contributed by atoms with Crippen molar-refractivity contribution in [3.05, 3.63) is 280 Å². The highest BCUT2D eigenvalue weighted by molar-refractivity contribution is 7.17. The largest absolute Gasteiger partial charge is 0.310 e. The lowest BCUT2D eigenvalue weighted by atomic mass is 9.97. The van der Waals surface area contributed by atoms with Crippen molar-refractivity contribution in [2.75, 3.05) is 56.4 Å². The molecule has 0 fully saturated rings. The van der Waals surface area contributed by atoms with Crippen LogP contribution in [0.4, 0.5) is 26.3 Å². The van der Waals surface area contributed by atoms with Crippen LogP contribution in [0.2, 0.25) is 5.02 Å². The Bertz CT molecular complexity index is 5140. The number of hydrogen-bond donors (Lipinski definition) is 8. The summed E-state index contributed by atoms with van der Waals surface area (Å²) in [4.78, 5) is 94.6. The van der Waals surface area contributed by atoms with E-state index < -0.39 is 40.4 Å². The van der Waals surface area contributed by atoms with E-state index in [1.807, 2.05) is 113 Å². The summed E-state index contributed by atoms with van der Waals surface area (Å²) in [5, 5.41) is 33.0. The first-order chi connectivity index (χ1) is 59.2. The molecule has 674 valence electrons. The molecule has 11 rings (SSSR count). The van der Waals surface area contributed by atoms with E-state index >= 15 is 0 Å². The molecule has 7 aromatic carbocycles. The maximum atomic E-state index is 13.7. The highest BCUT2D eigenvalue weighted by atomic mass is 35.5. The second-order valence-electron chi connectivity index (χ2n) is 30.9. The minimum atomic E-state index is -1.72. The fourth-order valence-corrected chi connectivity index (χ4v) is 15.3. The van der Waals surface area contributed by atoms with Crippen LogP contribution in [-0.4, -0.2) is 156 Å². The summed E-state index contributed by atoms with van der Waals surface area (Å²) < 4.78 is 80.7. The van der Waals surface area contributed by atoms with Crippen molar-refractivity contribution < 1.29 is 64.7 Å². The Hall–Kier alpha value is -9.74. The highest BCUT2D eigenvalue weighted by Gasteiger charge is 2.27. The predicted octanol–water partition coefficient (Wildman–Crippen LogP) is 16.9. The quantitative estimate of drug-likeness (QED) is 0.0111. The van der Waals surface area contributed by atoms with Gasteiger partial charge in [0.1, 0.15) is 63.7 Å². The minimum absolute atomic E-state index is 0.0281. The molecule has 8 atom stereocenters. The number of rotatable bonds is 32. The van der Waals surface area contributed by atoms with Gasteiger partial charge in [-0.05, 0) is 323 Å². The number of carbonyl (C=O) groups excluding carboxylic acids is 8. The van der Waals surface area contributed by atoms with Crippen molar-refractivity contribution in [2.24, 2.45) is 0 Å². The average molecular weight is 1780 g/mol. The van der Waals surface area contributed by atoms with E-state index in [2.05, 4.69) is 108 Å². The average Bonchev–Trinajstić information content (AvgIpc) is 1.33. The first-order valence-corrected chi connectivity index (χ1v) is 43.5. The Balaban J connectivity index is 0.000000300. The van der Waals surface area contributed by atoms with Crippen molar-refractivity contribution in [1.29, 1.82) is 0 Å². The minimum Gasteiger partial charge on any atom is -0.310 e. The second-order valence-corrected chi connectivity index (χ2v) is 33.0. The molecule has 0 aliphatic heterocycles. The number of aromatic nitrogens is 1. The Morgan fingerprint density at radius 1 is 0.408 bits per heavy atom. The maximum Gasteiger partial charge on any atom is 0.195 e. The van der Waals surface area contributed by atoms with Gasteiger partial charge in [0.05, 0.1) is 53.9 Å². The fraction of sp³-hybridized carbons (Fsp3) is 0.384. The van der Waals surface area contributed by atoms with Crippen molar-refractivity contribution in [3.8, 4) is 0 Å². The van der Waals surface area contributed by atoms with E-state index in [-0.39, 0.29) is 107 Å². The Morgan fingerprint density at radius 2 is 0.880 bits per heavy atom. The standard InChI is InChI=1S/C15H19NO.C14H16N2O.C13H15NOS.C12H16ClNO.C12H13F4NO.2C12H16FNO.C9H13NOS/c1-10-4-7-14-12(8-10)5-6-13(14)9-15(16-3)11(2)17;1-10(17)14(15-2)9-12-8-7-11-5-3-4-6-13(11)16-12;1-9(15)12(14-2)7-10-8-16-13-6-4-3-5-11(10)13;1-8-6-10(4-5-11(8)13)7-12(14-3)9(2)15;1-5-9(13)7(4-8(17-3)6(2)18)11(15)12(16)10(5)14;1-8-4-10(6-11(13)5-8)7-12(14-3)9(2)15;1-8-6-10(4-5-11(8)13)7-12(14-3)9(2)15;1-7(11)9(10-2)5-8-3-4-12-6-8/h4,6-8,15-16H,5,9H2,1-3H3;3-8,14-15H,9H2,1-2H3;3-6,8,12,14H,7H2,1-2H3;4-6,12,14H,7H2,1-3H3;8,17H,4H2,1-3H3;2*4-6,12,14H,7H2,1-3H3;3-4,6,9-10H,5H2,1-2H3/t15-;14-;2*12-;8-;2*12-;9-/m00000000/s1. The molecule has 0 amide bonds. The maximum absolute atomic E-state index is 13.7. The molecular formula is C99H124ClF6N9O8S2. The third kappa shape index (κ3) is 35.5. The highest BCUT2D eigenvalue weighted by Crippen LogP contribution is 2.32. The molecule has 1 aliphatic rings. The molecule has 0 saturated heterocycles. The van der Waals surface area contributed by atoms with Crippen LogP contribution < -0.4 is 42.5 Å². The van der Waals surface area contributed by atoms with Gasteiger partial charge in [0, 0.05) is 44.8 Å². The van der Waals surface area contributed by atoms with E-state index in [1.165, 1.54) is 82.6 Å². The molecule has 0 spiro atoms. The number of pyridine rings is 1. The number of ketones is 8. The monoisotopic (exact) mass is 1780 g/mol. The molecule has 1 aliphatic carbocycles. The van der Waals surface area contributed by atoms with Gasteiger partial charge in [-0.1, -0.05) is 114 Å². The summed E-state index contributed by atoms with van der Waals surface area (Å²) in [6, 6.07) is 42.9. The zero-order chi connectivity index (χ0) is 93.5. The Labute approximate surface area is 747 Å². The first-order valence-electron chi connectivity index (χ1n) is 41.3. The number of likely N-dealkylation sites (N-methyl/N-ethyl adjacent to an activating group) is 8. The molecule has 3 aromatic heterocycles. The summed E-state index contributed by atoms with van der Waals surface area (Å²) >= 11 is 9.33. The zero-order valence-electron chi connectivity index (χ0n) is 75.7. The summed E-state index contributed by atoms with van der Waals surface area (Å²) in [5.41, 5.74) is 14.0. The lowest BCUT2D eigenvalue weighted by Crippen LogP contribution is -2.35. The number of nitrogens with zero attached hydrogens (tertiary/aromatic N) is 1. The number of nitrogens with one attached hydrogen (secondary N) is 8. The number of halogens is 7. The molecule has 3 heterocycles. The molecule has 0 unspecified atom stereocenters. The van der Waals surface area contributed by atoms with Crippen LogP contribution in [0.3, 0.4) is 0 Å². The number of para-hydroxylation sites is 1. The van der Waals surface area contributed by atoms with Gasteiger partial charge in [-0.25, -0.2) is 26.3 Å². The molecule has 0 saturated carbocycles. The van der Waals surface area contributed by atoms with Gasteiger partial charge >= 0.3 is 0 Å². The molecule has 0 bridgehead atoms. The van der Waals surface area contributed by atoms with Crippen LogP contribution in [0, 0.1) is 69.5 Å². The Morgan fingerprint density at radius 3 is 1.38 bits per heavy atom. The van der Waals surface area contributed by atoms with Gasteiger partial charge in [-0.3, -0.25) is 43.3 Å². The summed E-state index contributed by atoms with van der Waals surface area (Å²) in [7, 11) is 14.0. The number of carbonyl (C=O) groups is 8. The number of fused-ring (bicyclic) bond motifs is 3. The smallest absolute Gasteiger partial charge is 0.195 e. The van der Waals surface area contributed by atoms with E-state index in [0.717, 1.165) is 82.0 Å². The number of Topliss-reactive ketones (excluding diaryl/α,β-unsaturated/α-hetero) is 8. The predicted molar refractivity (Wildman–Crippen MR) is 499 cm³/mol. The van der Waals surface area contributed by atoms with Crippen LogP contribution in [-0.2, 0) is 89.7 Å². The Kier molecular flexibility index (Phi) is 47.3. The van der Waals surface area contributed by atoms with E-state index in [1.54, 1.807) is 111 Å². The zero-order valence-corrected chi connectivity index (χ0v) is 78.1. The SMILES string of the molecule is CN[C@@H](CC1=CCc2cc(C)ccc21)C(C)=O.CN[C@@H](Cc1c(F)c(C)c(F)c(F)c1F)C(C)=O.CN[C@@H](Cc1cc(C)cc(F)c1)C(C)=O.CN[C@@H](Cc1ccc(Cl)c(C)c1)C(C)=O.CN[C@@H](Cc1ccc(F)c(C)c1)C(C)=O.CN[C@@H](Cc1ccc2ccccc2n1)C(C)=O.CN[C@@H](Cc1ccsc1)C(C)=O.CN[C@@H](Cc1csc2ccccc12)C(C)=O. The lowest BCUT2D eigenvalue weighted by molar-refractivity contribution is -0.119. The van der Waals surface area contributed by atoms with Crippen molar-refractivity contribution in [2.45, 2.75) is 196 Å². The second kappa shape index (κ2) is 55.0. The third-order valence-corrected chi connectivity index (χ3v) is 23.4. The van der Waals surface area contributed by atoms with E-state index in [4.69, 9.17) is 11.6 Å². The van der Waals surface area contributed by atoms with Gasteiger partial charge < -0.3 is 42.5 Å². The number of hydrogen-bond acceptors (Lipinski definition) is 19. The molecule has 125 heavy (non-hydrogen) atoms. The normalized spacial score (nSPS) is 13.0. The molecule has 26 heteroatoms. The molecule has 17 nitrogen and oxygen atoms in total. The summed E-state index contributed by atoms with van der Waals surface area (Å²) in [5.74, 6) is -5.75. The van der Waals surface area contributed by atoms with Crippen LogP contribution >= 0.6 is 34.3 Å². The topological polar surface area (TPSA) is 246 Å². The number of benzene rings is 7. The molecule has 10 aromatic rings. The fourth-order valence-electron chi connectivity index (χ4n) is 13.5. The van der Waals surface area contributed by atoms with Gasteiger partial charge in [0.15, 0.2) is 17.5 Å². The third-order valence-electron chi connectivity index (χ3n) is 21.2. The van der Waals surface area contributed by atoms with Crippen molar-refractivity contribution >= 4 is 107 Å². The van der Waals surface area contributed by atoms with E-state index in [9.17, 15) is 64.7 Å². The van der Waals surface area contributed by atoms with Gasteiger partial charge in [-0.2, -0.15) is 11.3 Å². The summed E-state index contributed by atoms with van der Waals surface area (Å²) in [6.07, 6.45) is 7.73. The van der Waals surface area contributed by atoms with Gasteiger partial charge in [0.2, 0.25) is 0 Å². The van der Waals surface area contributed by atoms with Crippen LogP contribution in [0.25, 0.3) is 26.6 Å². The molecule has 8 N–H and O–H groups in total. The van der Waals surface area contributed by atoms with Gasteiger partial charge in [-0.15, -0.1) is 11.3 Å². The van der Waals surface area contributed by atoms with Crippen molar-refractivity contribution in [3.63, 3.8) is 0 Å². The van der Waals surface area contributed by atoms with Crippen LogP contribution in [0.5, 0.6) is 0 Å². The number of aryl methyl sites for hydroxylation is 4. The van der Waals surface area contributed by atoms with Gasteiger partial charge in [0.25, 0.3) is 0 Å². The van der Waals surface area contributed by atoms with Crippen molar-refractivity contribution in [1.82, 2.24) is 47.5 Å². The first kappa shape index (κ1) is 108. The van der Waals surface area contributed by atoms with E-state index in [0.29, 0.717) is 31.2 Å².